The van der Waals surface area contributed by atoms with E-state index >= 15 is 0 Å². The highest BCUT2D eigenvalue weighted by molar-refractivity contribution is 6.52. The summed E-state index contributed by atoms with van der Waals surface area (Å²) in [5, 5.41) is 31.7. The van der Waals surface area contributed by atoms with Gasteiger partial charge in [-0.25, -0.2) is 0 Å². The van der Waals surface area contributed by atoms with Gasteiger partial charge in [0.15, 0.2) is 0 Å². The number of aliphatic hydroxyl groups is 1. The number of rotatable bonds is 3. The van der Waals surface area contributed by atoms with Gasteiger partial charge < -0.3 is 15.3 Å². The number of carbonyl (C=O) groups excluding carboxylic acids is 2. The number of anilines is 1. The van der Waals surface area contributed by atoms with Crippen LogP contribution in [0.25, 0.3) is 5.76 Å². The van der Waals surface area contributed by atoms with Gasteiger partial charge in [-0.1, -0.05) is 47.5 Å². The average molecular weight is 456 g/mol. The first-order valence-corrected chi connectivity index (χ1v) is 9.88. The number of phenols is 2. The van der Waals surface area contributed by atoms with Crippen molar-refractivity contribution in [3.8, 4) is 11.5 Å². The fourth-order valence-electron chi connectivity index (χ4n) is 3.56. The minimum absolute atomic E-state index is 0.0880. The second-order valence-electron chi connectivity index (χ2n) is 6.88. The number of aliphatic hydroxyl groups excluding tert-OH is 1. The van der Waals surface area contributed by atoms with E-state index in [0.717, 1.165) is 4.90 Å². The van der Waals surface area contributed by atoms with Crippen molar-refractivity contribution in [2.24, 2.45) is 0 Å². The number of nitrogens with zero attached hydrogens (tertiary/aromatic N) is 1. The van der Waals surface area contributed by atoms with Crippen molar-refractivity contribution < 1.29 is 24.9 Å². The van der Waals surface area contributed by atoms with Gasteiger partial charge in [0.05, 0.1) is 27.3 Å². The zero-order valence-corrected chi connectivity index (χ0v) is 17.3. The molecule has 0 bridgehead atoms. The summed E-state index contributed by atoms with van der Waals surface area (Å²) in [6.45, 7) is 0. The summed E-state index contributed by atoms with van der Waals surface area (Å²) in [6, 6.07) is 15.2. The lowest BCUT2D eigenvalue weighted by atomic mass is 9.95. The molecule has 1 aliphatic rings. The number of halogens is 2. The molecule has 1 amide bonds. The monoisotopic (exact) mass is 455 g/mol. The first-order valence-electron chi connectivity index (χ1n) is 9.13. The summed E-state index contributed by atoms with van der Waals surface area (Å²) in [5.41, 5.74) is 0.433. The van der Waals surface area contributed by atoms with Gasteiger partial charge >= 0.3 is 0 Å². The number of carbonyl (C=O) groups is 2. The van der Waals surface area contributed by atoms with Crippen LogP contribution in [-0.2, 0) is 9.59 Å². The summed E-state index contributed by atoms with van der Waals surface area (Å²) in [6.07, 6.45) is 0. The molecule has 1 heterocycles. The molecule has 3 N–H and O–H groups in total. The average Bonchev–Trinajstić information content (AvgIpc) is 3.01. The Labute approximate surface area is 187 Å². The quantitative estimate of drug-likeness (QED) is 0.292. The number of amides is 1. The maximum atomic E-state index is 13.0. The molecule has 0 radical (unpaired) electrons. The van der Waals surface area contributed by atoms with Crippen LogP contribution in [0.3, 0.4) is 0 Å². The minimum atomic E-state index is -1.10. The van der Waals surface area contributed by atoms with Gasteiger partial charge in [0.2, 0.25) is 0 Å². The lowest BCUT2D eigenvalue weighted by Crippen LogP contribution is -2.29. The van der Waals surface area contributed by atoms with Crippen molar-refractivity contribution in [1.82, 2.24) is 0 Å². The summed E-state index contributed by atoms with van der Waals surface area (Å²) in [4.78, 5) is 27.1. The lowest BCUT2D eigenvalue weighted by Gasteiger charge is -2.26. The fraction of sp³-hybridized carbons (Fsp3) is 0.0435. The van der Waals surface area contributed by atoms with Crippen molar-refractivity contribution >= 4 is 46.3 Å². The van der Waals surface area contributed by atoms with Gasteiger partial charge in [0.25, 0.3) is 11.7 Å². The molecule has 1 aliphatic heterocycles. The molecule has 4 rings (SSSR count). The summed E-state index contributed by atoms with van der Waals surface area (Å²) >= 11 is 12.0. The molecule has 31 heavy (non-hydrogen) atoms. The zero-order chi connectivity index (χ0) is 22.3. The van der Waals surface area contributed by atoms with E-state index in [-0.39, 0.29) is 38.4 Å². The van der Waals surface area contributed by atoms with Gasteiger partial charge in [-0.2, -0.15) is 0 Å². The molecule has 6 nitrogen and oxygen atoms in total. The Morgan fingerprint density at radius 2 is 1.61 bits per heavy atom. The number of ketones is 1. The van der Waals surface area contributed by atoms with E-state index in [1.165, 1.54) is 42.5 Å². The van der Waals surface area contributed by atoms with E-state index in [2.05, 4.69) is 0 Å². The van der Waals surface area contributed by atoms with Crippen LogP contribution in [0.2, 0.25) is 10.0 Å². The molecule has 3 aromatic rings. The molecule has 8 heteroatoms. The Morgan fingerprint density at radius 1 is 0.871 bits per heavy atom. The van der Waals surface area contributed by atoms with Crippen LogP contribution in [0, 0.1) is 0 Å². The van der Waals surface area contributed by atoms with Crippen molar-refractivity contribution in [3.63, 3.8) is 0 Å². The Kier molecular flexibility index (Phi) is 5.35. The Balaban J connectivity index is 1.99. The van der Waals surface area contributed by atoms with E-state index in [4.69, 9.17) is 23.2 Å². The predicted molar refractivity (Wildman–Crippen MR) is 117 cm³/mol. The van der Waals surface area contributed by atoms with E-state index in [1.807, 2.05) is 0 Å². The Hall–Kier alpha value is -3.48. The molecule has 1 unspecified atom stereocenters. The van der Waals surface area contributed by atoms with E-state index in [9.17, 15) is 24.9 Å². The number of hydrogen-bond acceptors (Lipinski definition) is 5. The topological polar surface area (TPSA) is 98.1 Å². The third-order valence-corrected chi connectivity index (χ3v) is 5.70. The minimum Gasteiger partial charge on any atom is -0.508 e. The normalized spacial score (nSPS) is 17.9. The smallest absolute Gasteiger partial charge is 0.300 e. The third-order valence-electron chi connectivity index (χ3n) is 4.96. The molecule has 3 aromatic carbocycles. The molecule has 1 saturated heterocycles. The highest BCUT2D eigenvalue weighted by atomic mass is 35.5. The van der Waals surface area contributed by atoms with Crippen LogP contribution >= 0.6 is 23.2 Å². The molecule has 0 saturated carbocycles. The number of hydrogen-bond donors (Lipinski definition) is 3. The fourth-order valence-corrected chi connectivity index (χ4v) is 3.86. The van der Waals surface area contributed by atoms with E-state index in [0.29, 0.717) is 5.56 Å². The largest absolute Gasteiger partial charge is 0.508 e. The third kappa shape index (κ3) is 3.60. The van der Waals surface area contributed by atoms with Gasteiger partial charge in [-0.3, -0.25) is 14.5 Å². The number of aromatic hydroxyl groups is 2. The van der Waals surface area contributed by atoms with Crippen LogP contribution in [0.4, 0.5) is 5.69 Å². The van der Waals surface area contributed by atoms with E-state index in [1.54, 1.807) is 24.3 Å². The SMILES string of the molecule is O=C1C(=O)N(c2ccccc2O)C(c2cccc(O)c2)/C1=C(/O)c1ccc(Cl)c(Cl)c1. The molecule has 1 fully saturated rings. The van der Waals surface area contributed by atoms with Crippen LogP contribution in [0.5, 0.6) is 11.5 Å². The first kappa shape index (κ1) is 20.8. The van der Waals surface area contributed by atoms with Crippen molar-refractivity contribution in [1.29, 1.82) is 0 Å². The maximum absolute atomic E-state index is 13.0. The van der Waals surface area contributed by atoms with Crippen LogP contribution in [-0.4, -0.2) is 27.0 Å². The van der Waals surface area contributed by atoms with Gasteiger partial charge in [0, 0.05) is 5.56 Å². The van der Waals surface area contributed by atoms with Crippen LogP contribution in [0.15, 0.2) is 72.3 Å². The maximum Gasteiger partial charge on any atom is 0.300 e. The molecule has 1 atom stereocenters. The highest BCUT2D eigenvalue weighted by Crippen LogP contribution is 2.45. The van der Waals surface area contributed by atoms with E-state index < -0.39 is 23.5 Å². The zero-order valence-electron chi connectivity index (χ0n) is 15.8. The van der Waals surface area contributed by atoms with Gasteiger partial charge in [0.1, 0.15) is 17.3 Å². The first-order chi connectivity index (χ1) is 14.8. The number of para-hydroxylation sites is 2. The molecule has 0 spiro atoms. The second kappa shape index (κ2) is 7.98. The predicted octanol–water partition coefficient (Wildman–Crippen LogP) is 5.03. The summed E-state index contributed by atoms with van der Waals surface area (Å²) < 4.78 is 0. The van der Waals surface area contributed by atoms with Gasteiger partial charge in [-0.15, -0.1) is 0 Å². The summed E-state index contributed by atoms with van der Waals surface area (Å²) in [5.74, 6) is -2.64. The van der Waals surface area contributed by atoms with Crippen molar-refractivity contribution in [2.45, 2.75) is 6.04 Å². The second-order valence-corrected chi connectivity index (χ2v) is 7.70. The molecular weight excluding hydrogens is 441 g/mol. The molecule has 0 aliphatic carbocycles. The van der Waals surface area contributed by atoms with Crippen LogP contribution in [0.1, 0.15) is 17.2 Å². The van der Waals surface area contributed by atoms with Gasteiger partial charge in [-0.05, 0) is 48.0 Å². The van der Waals surface area contributed by atoms with Crippen molar-refractivity contribution in [3.05, 3.63) is 93.5 Å². The molecule has 156 valence electrons. The number of benzene rings is 3. The standard InChI is InChI=1S/C23H15Cl2NO5/c24-15-9-8-13(11-16(15)25)21(29)19-20(12-4-3-5-14(27)10-12)26(23(31)22(19)30)17-6-1-2-7-18(17)28/h1-11,20,27-29H/b21-19-. The van der Waals surface area contributed by atoms with Crippen molar-refractivity contribution in [2.75, 3.05) is 4.90 Å². The number of phenolic OH excluding ortho intramolecular Hbond substituents is 2. The Bertz CT molecular complexity index is 1250. The van der Waals surface area contributed by atoms with Crippen LogP contribution < -0.4 is 4.90 Å². The molecule has 0 aromatic heterocycles. The molecular formula is C23H15Cl2NO5. The summed E-state index contributed by atoms with van der Waals surface area (Å²) in [7, 11) is 0. The highest BCUT2D eigenvalue weighted by Gasteiger charge is 2.47. The number of Topliss-reactive ketones (excluding diaryl/α,β-unsaturated/α-hetero) is 1. The lowest BCUT2D eigenvalue weighted by molar-refractivity contribution is -0.132. The Morgan fingerprint density at radius 3 is 2.29 bits per heavy atom.